The second kappa shape index (κ2) is 11.2. The number of furan rings is 1. The van der Waals surface area contributed by atoms with E-state index in [1.165, 1.54) is 40.3 Å². The Kier molecular flexibility index (Phi) is 5.99. The van der Waals surface area contributed by atoms with Crippen molar-refractivity contribution in [3.05, 3.63) is 152 Å². The van der Waals surface area contributed by atoms with Crippen LogP contribution in [-0.2, 0) is 0 Å². The summed E-state index contributed by atoms with van der Waals surface area (Å²) >= 11 is 3.63. The molecule has 14 rings (SSSR count). The number of benzene rings is 9. The summed E-state index contributed by atoms with van der Waals surface area (Å²) in [5.41, 5.74) is 5.84. The Hall–Kier alpha value is -7.19. The van der Waals surface area contributed by atoms with Crippen molar-refractivity contribution in [3.8, 4) is 34.2 Å². The molecule has 5 aromatic heterocycles. The minimum Gasteiger partial charge on any atom is -0.455 e. The van der Waals surface area contributed by atoms with Crippen LogP contribution in [0.15, 0.2) is 160 Å². The molecule has 0 aliphatic rings. The van der Waals surface area contributed by atoms with Crippen LogP contribution in [0.1, 0.15) is 0 Å². The van der Waals surface area contributed by atoms with Crippen LogP contribution in [-0.4, -0.2) is 15.0 Å². The summed E-state index contributed by atoms with van der Waals surface area (Å²) in [6, 6.07) is 53.4. The predicted octanol–water partition coefficient (Wildman–Crippen LogP) is 15.2. The van der Waals surface area contributed by atoms with E-state index in [1.54, 1.807) is 11.3 Å². The molecule has 0 aliphatic carbocycles. The summed E-state index contributed by atoms with van der Waals surface area (Å²) in [4.78, 5) is 16.1. The molecular weight excluding hydrogens is 751 g/mol. The standard InChI is InChI=1S/C51H25N3O2S2/c1-3-13-28-26(10-1)12-9-18-33(28)49-52-50(54-51(53-49)36-25-35-31-16-7-8-19-39(31)58-48(35)32-17-6-5-15-30(32)36)34-20-21-38-43-42-37(55-47(34)43)22-23-40-44(42)45-41(57-40)24-27-11-2-4-14-29(27)46(45)56-38/h1-25H. The van der Waals surface area contributed by atoms with Crippen molar-refractivity contribution in [3.63, 3.8) is 0 Å². The van der Waals surface area contributed by atoms with Crippen molar-refractivity contribution in [2.45, 2.75) is 0 Å². The van der Waals surface area contributed by atoms with E-state index in [0.29, 0.717) is 23.1 Å². The highest BCUT2D eigenvalue weighted by Crippen LogP contribution is 2.50. The van der Waals surface area contributed by atoms with Crippen molar-refractivity contribution in [2.75, 3.05) is 0 Å². The van der Waals surface area contributed by atoms with Gasteiger partial charge in [-0.1, -0.05) is 109 Å². The number of nitrogens with zero attached hydrogens (tertiary/aromatic N) is 3. The molecule has 9 aromatic carbocycles. The highest BCUT2D eigenvalue weighted by molar-refractivity contribution is 7.27. The normalized spacial score (nSPS) is 12.5. The van der Waals surface area contributed by atoms with Crippen LogP contribution < -0.4 is 0 Å². The van der Waals surface area contributed by atoms with Gasteiger partial charge in [0, 0.05) is 67.6 Å². The summed E-state index contributed by atoms with van der Waals surface area (Å²) in [6.45, 7) is 0. The van der Waals surface area contributed by atoms with Gasteiger partial charge in [0.2, 0.25) is 0 Å². The quantitative estimate of drug-likeness (QED) is 0.179. The van der Waals surface area contributed by atoms with Gasteiger partial charge in [0.25, 0.3) is 0 Å². The Bertz CT molecular complexity index is 4050. The number of rotatable bonds is 3. The average Bonchev–Trinajstić information content (AvgIpc) is 3.94. The second-order valence-electron chi connectivity index (χ2n) is 15.0. The number of aromatic nitrogens is 3. The van der Waals surface area contributed by atoms with Crippen LogP contribution in [0.3, 0.4) is 0 Å². The van der Waals surface area contributed by atoms with E-state index in [2.05, 4.69) is 152 Å². The fourth-order valence-electron chi connectivity index (χ4n) is 9.34. The third kappa shape index (κ3) is 4.11. The fraction of sp³-hybridized carbons (Fsp3) is 0. The van der Waals surface area contributed by atoms with Gasteiger partial charge in [-0.05, 0) is 64.0 Å². The minimum atomic E-state index is 0.539. The first kappa shape index (κ1) is 31.0. The molecule has 0 spiro atoms. The maximum Gasteiger partial charge on any atom is 0.167 e. The molecule has 0 aliphatic heterocycles. The number of fused-ring (bicyclic) bond motifs is 8. The zero-order valence-electron chi connectivity index (χ0n) is 30.4. The first-order chi connectivity index (χ1) is 28.7. The Morgan fingerprint density at radius 1 is 0.345 bits per heavy atom. The number of thiophene rings is 2. The fourth-order valence-corrected chi connectivity index (χ4v) is 11.7. The van der Waals surface area contributed by atoms with Gasteiger partial charge < -0.3 is 8.83 Å². The molecule has 0 unspecified atom stereocenters. The van der Waals surface area contributed by atoms with E-state index in [-0.39, 0.29) is 0 Å². The highest BCUT2D eigenvalue weighted by atomic mass is 32.1. The van der Waals surface area contributed by atoms with Crippen LogP contribution in [0.25, 0.3) is 140 Å². The summed E-state index contributed by atoms with van der Waals surface area (Å²) in [7, 11) is 0. The first-order valence-corrected chi connectivity index (χ1v) is 20.9. The zero-order chi connectivity index (χ0) is 37.6. The van der Waals surface area contributed by atoms with Gasteiger partial charge in [0.15, 0.2) is 17.5 Å². The Morgan fingerprint density at radius 3 is 1.88 bits per heavy atom. The molecule has 0 atom stereocenters. The summed E-state index contributed by atoms with van der Waals surface area (Å²) < 4.78 is 18.9. The molecule has 14 aromatic rings. The molecule has 0 N–H and O–H groups in total. The molecule has 0 radical (unpaired) electrons. The lowest BCUT2D eigenvalue weighted by Crippen LogP contribution is -2.01. The van der Waals surface area contributed by atoms with Crippen LogP contribution in [0.5, 0.6) is 0 Å². The van der Waals surface area contributed by atoms with E-state index in [9.17, 15) is 0 Å². The first-order valence-electron chi connectivity index (χ1n) is 19.3. The Labute approximate surface area is 336 Å². The lowest BCUT2D eigenvalue weighted by molar-refractivity contribution is 0.659. The third-order valence-corrected chi connectivity index (χ3v) is 14.2. The van der Waals surface area contributed by atoms with Gasteiger partial charge in [-0.25, -0.2) is 15.0 Å². The molecule has 5 heterocycles. The molecule has 0 saturated carbocycles. The van der Waals surface area contributed by atoms with Gasteiger partial charge in [0.1, 0.15) is 22.3 Å². The molecule has 268 valence electrons. The molecule has 0 amide bonds. The summed E-state index contributed by atoms with van der Waals surface area (Å²) in [5.74, 6) is 1.75. The van der Waals surface area contributed by atoms with Crippen LogP contribution in [0, 0.1) is 0 Å². The molecule has 0 saturated heterocycles. The maximum atomic E-state index is 7.02. The number of hydrogen-bond acceptors (Lipinski definition) is 7. The molecule has 0 bridgehead atoms. The van der Waals surface area contributed by atoms with Gasteiger partial charge in [-0.2, -0.15) is 0 Å². The van der Waals surface area contributed by atoms with Crippen molar-refractivity contribution in [2.24, 2.45) is 0 Å². The molecule has 5 nitrogen and oxygen atoms in total. The smallest absolute Gasteiger partial charge is 0.167 e. The maximum absolute atomic E-state index is 7.02. The van der Waals surface area contributed by atoms with E-state index in [0.717, 1.165) is 76.5 Å². The lowest BCUT2D eigenvalue weighted by Gasteiger charge is -2.12. The third-order valence-electron chi connectivity index (χ3n) is 11.9. The van der Waals surface area contributed by atoms with Gasteiger partial charge in [-0.15, -0.1) is 22.7 Å². The second-order valence-corrected chi connectivity index (χ2v) is 17.1. The van der Waals surface area contributed by atoms with E-state index in [1.807, 2.05) is 11.3 Å². The molecule has 7 heteroatoms. The van der Waals surface area contributed by atoms with Gasteiger partial charge >= 0.3 is 0 Å². The van der Waals surface area contributed by atoms with Crippen molar-refractivity contribution < 1.29 is 8.83 Å². The summed E-state index contributed by atoms with van der Waals surface area (Å²) in [6.07, 6.45) is 0. The van der Waals surface area contributed by atoms with Crippen LogP contribution in [0.4, 0.5) is 0 Å². The number of hydrogen-bond donors (Lipinski definition) is 0. The Morgan fingerprint density at radius 2 is 1.00 bits per heavy atom. The minimum absolute atomic E-state index is 0.539. The topological polar surface area (TPSA) is 65.0 Å². The van der Waals surface area contributed by atoms with Crippen molar-refractivity contribution in [1.82, 2.24) is 15.0 Å². The molecule has 58 heavy (non-hydrogen) atoms. The zero-order valence-corrected chi connectivity index (χ0v) is 32.0. The summed E-state index contributed by atoms with van der Waals surface area (Å²) in [5, 5.41) is 13.5. The van der Waals surface area contributed by atoms with Crippen molar-refractivity contribution in [1.29, 1.82) is 0 Å². The molecular formula is C51H25N3O2S2. The SMILES string of the molecule is c1ccc2c(-c3nc(-c4cc5c6ccccc6sc5c5ccccc45)nc(-c4ccc5oc6c7ccccc7cc7sc8ccc9oc4c5c9c8c76)n3)cccc2c1. The van der Waals surface area contributed by atoms with Crippen molar-refractivity contribution >= 4 is 128 Å². The Balaban J connectivity index is 1.11. The monoisotopic (exact) mass is 775 g/mol. The van der Waals surface area contributed by atoms with E-state index in [4.69, 9.17) is 23.8 Å². The lowest BCUT2D eigenvalue weighted by atomic mass is 9.99. The van der Waals surface area contributed by atoms with Gasteiger partial charge in [-0.3, -0.25) is 0 Å². The largest absolute Gasteiger partial charge is 0.455 e. The van der Waals surface area contributed by atoms with Crippen LogP contribution in [0.2, 0.25) is 0 Å². The van der Waals surface area contributed by atoms with E-state index >= 15 is 0 Å². The predicted molar refractivity (Wildman–Crippen MR) is 243 cm³/mol. The average molecular weight is 776 g/mol. The highest BCUT2D eigenvalue weighted by Gasteiger charge is 2.26. The molecule has 0 fully saturated rings. The van der Waals surface area contributed by atoms with Gasteiger partial charge in [0.05, 0.1) is 10.9 Å². The van der Waals surface area contributed by atoms with E-state index < -0.39 is 0 Å². The van der Waals surface area contributed by atoms with Crippen LogP contribution >= 0.6 is 22.7 Å².